The smallest absolute Gasteiger partial charge is 0.137 e. The molecule has 1 unspecified atom stereocenters. The summed E-state index contributed by atoms with van der Waals surface area (Å²) in [5, 5.41) is 0. The molecule has 0 amide bonds. The maximum absolute atomic E-state index is 5.55. The molecule has 2 heteroatoms. The molecule has 0 aliphatic rings. The summed E-state index contributed by atoms with van der Waals surface area (Å²) in [6.07, 6.45) is 7.33. The van der Waals surface area contributed by atoms with E-state index >= 15 is 0 Å². The van der Waals surface area contributed by atoms with Crippen LogP contribution >= 0.6 is 0 Å². The minimum absolute atomic E-state index is 0.363. The van der Waals surface area contributed by atoms with Crippen molar-refractivity contribution in [2.24, 2.45) is 10.9 Å². The Hall–Kier alpha value is -0.630. The Morgan fingerprint density at radius 3 is 2.50 bits per heavy atom. The zero-order valence-corrected chi connectivity index (χ0v) is 9.70. The second-order valence-electron chi connectivity index (χ2n) is 3.57. The van der Waals surface area contributed by atoms with Crippen molar-refractivity contribution in [3.8, 4) is 0 Å². The molecule has 2 nitrogen and oxygen atoms in total. The molecule has 1 atom stereocenters. The molecule has 0 fully saturated rings. The summed E-state index contributed by atoms with van der Waals surface area (Å²) in [5.41, 5.74) is 0. The number of ether oxygens (including phenoxy) is 1. The van der Waals surface area contributed by atoms with Gasteiger partial charge in [0.2, 0.25) is 0 Å². The van der Waals surface area contributed by atoms with Gasteiger partial charge in [0, 0.05) is 6.21 Å². The van der Waals surface area contributed by atoms with E-state index in [1.807, 2.05) is 12.3 Å². The second kappa shape index (κ2) is 8.95. The summed E-state index contributed by atoms with van der Waals surface area (Å²) in [7, 11) is 0. The third-order valence-corrected chi connectivity index (χ3v) is 2.19. The first kappa shape index (κ1) is 13.4. The highest BCUT2D eigenvalue weighted by atomic mass is 16.5. The van der Waals surface area contributed by atoms with Gasteiger partial charge in [-0.2, -0.15) is 0 Å². The number of hydrogen-bond donors (Lipinski definition) is 0. The van der Waals surface area contributed by atoms with Gasteiger partial charge < -0.3 is 4.74 Å². The number of allylic oxidation sites excluding steroid dienone is 1. The first-order valence-corrected chi connectivity index (χ1v) is 5.46. The minimum atomic E-state index is 0.363. The molecular weight excluding hydrogens is 174 g/mol. The SMILES string of the molecule is C=CCC(C)C=NCOC(CC)CC. The van der Waals surface area contributed by atoms with Crippen LogP contribution in [-0.4, -0.2) is 19.0 Å². The van der Waals surface area contributed by atoms with Crippen molar-refractivity contribution < 1.29 is 4.74 Å². The van der Waals surface area contributed by atoms with Gasteiger partial charge in [-0.25, -0.2) is 0 Å². The van der Waals surface area contributed by atoms with Crippen LogP contribution in [0.4, 0.5) is 0 Å². The molecule has 0 spiro atoms. The first-order chi connectivity index (χ1) is 6.74. The van der Waals surface area contributed by atoms with E-state index in [0.717, 1.165) is 19.3 Å². The van der Waals surface area contributed by atoms with E-state index in [4.69, 9.17) is 4.74 Å². The zero-order chi connectivity index (χ0) is 10.8. The van der Waals surface area contributed by atoms with Crippen LogP contribution in [0.5, 0.6) is 0 Å². The topological polar surface area (TPSA) is 21.6 Å². The monoisotopic (exact) mass is 197 g/mol. The average Bonchev–Trinajstić information content (AvgIpc) is 2.19. The molecule has 14 heavy (non-hydrogen) atoms. The van der Waals surface area contributed by atoms with Crippen molar-refractivity contribution in [3.63, 3.8) is 0 Å². The number of nitrogens with zero attached hydrogens (tertiary/aromatic N) is 1. The molecule has 0 radical (unpaired) electrons. The number of hydrogen-bond acceptors (Lipinski definition) is 2. The van der Waals surface area contributed by atoms with E-state index in [-0.39, 0.29) is 0 Å². The Morgan fingerprint density at radius 2 is 2.00 bits per heavy atom. The Balaban J connectivity index is 3.55. The van der Waals surface area contributed by atoms with Crippen molar-refractivity contribution in [1.29, 1.82) is 0 Å². The Morgan fingerprint density at radius 1 is 1.36 bits per heavy atom. The summed E-state index contributed by atoms with van der Waals surface area (Å²) >= 11 is 0. The van der Waals surface area contributed by atoms with E-state index in [1.165, 1.54) is 0 Å². The molecule has 0 aromatic rings. The van der Waals surface area contributed by atoms with Gasteiger partial charge in [-0.1, -0.05) is 26.8 Å². The highest BCUT2D eigenvalue weighted by Gasteiger charge is 2.01. The third-order valence-electron chi connectivity index (χ3n) is 2.19. The molecule has 0 aromatic carbocycles. The highest BCUT2D eigenvalue weighted by Crippen LogP contribution is 2.03. The Labute approximate surface area is 88.1 Å². The summed E-state index contributed by atoms with van der Waals surface area (Å²) in [6, 6.07) is 0. The van der Waals surface area contributed by atoms with Gasteiger partial charge in [-0.05, 0) is 25.2 Å². The maximum atomic E-state index is 5.55. The molecule has 82 valence electrons. The lowest BCUT2D eigenvalue weighted by Gasteiger charge is -2.11. The van der Waals surface area contributed by atoms with E-state index < -0.39 is 0 Å². The molecule has 0 rings (SSSR count). The van der Waals surface area contributed by atoms with Crippen molar-refractivity contribution in [3.05, 3.63) is 12.7 Å². The molecule has 0 heterocycles. The maximum Gasteiger partial charge on any atom is 0.137 e. The first-order valence-electron chi connectivity index (χ1n) is 5.46. The Bertz CT molecular complexity index is 162. The molecule has 0 aromatic heterocycles. The summed E-state index contributed by atoms with van der Waals surface area (Å²) in [6.45, 7) is 10.6. The average molecular weight is 197 g/mol. The van der Waals surface area contributed by atoms with Crippen molar-refractivity contribution in [2.75, 3.05) is 6.73 Å². The predicted octanol–water partition coefficient (Wildman–Crippen LogP) is 3.43. The van der Waals surface area contributed by atoms with Crippen LogP contribution in [0, 0.1) is 5.92 Å². The highest BCUT2D eigenvalue weighted by molar-refractivity contribution is 5.60. The van der Waals surface area contributed by atoms with Gasteiger partial charge in [0.05, 0.1) is 6.10 Å². The summed E-state index contributed by atoms with van der Waals surface area (Å²) < 4.78 is 5.55. The van der Waals surface area contributed by atoms with Gasteiger partial charge in [-0.15, -0.1) is 6.58 Å². The van der Waals surface area contributed by atoms with Crippen LogP contribution in [0.3, 0.4) is 0 Å². The van der Waals surface area contributed by atoms with Crippen LogP contribution in [0.1, 0.15) is 40.0 Å². The quantitative estimate of drug-likeness (QED) is 0.431. The van der Waals surface area contributed by atoms with Crippen LogP contribution in [0.25, 0.3) is 0 Å². The number of aliphatic imine (C=N–C) groups is 1. The molecule has 0 aliphatic heterocycles. The van der Waals surface area contributed by atoms with E-state index in [0.29, 0.717) is 18.8 Å². The van der Waals surface area contributed by atoms with Gasteiger partial charge in [-0.3, -0.25) is 4.99 Å². The normalized spacial score (nSPS) is 13.7. The van der Waals surface area contributed by atoms with Crippen LogP contribution in [0.15, 0.2) is 17.6 Å². The van der Waals surface area contributed by atoms with E-state index in [1.54, 1.807) is 0 Å². The summed E-state index contributed by atoms with van der Waals surface area (Å²) in [4.78, 5) is 4.23. The Kier molecular flexibility index (Phi) is 8.54. The van der Waals surface area contributed by atoms with Crippen LogP contribution in [0.2, 0.25) is 0 Å². The molecule has 0 aliphatic carbocycles. The molecule has 0 N–H and O–H groups in total. The third kappa shape index (κ3) is 6.84. The fourth-order valence-electron chi connectivity index (χ4n) is 1.22. The molecule has 0 saturated carbocycles. The van der Waals surface area contributed by atoms with Gasteiger partial charge >= 0.3 is 0 Å². The fourth-order valence-corrected chi connectivity index (χ4v) is 1.22. The predicted molar refractivity (Wildman–Crippen MR) is 62.8 cm³/mol. The second-order valence-corrected chi connectivity index (χ2v) is 3.57. The zero-order valence-electron chi connectivity index (χ0n) is 9.70. The van der Waals surface area contributed by atoms with Gasteiger partial charge in [0.15, 0.2) is 0 Å². The standard InChI is InChI=1S/C12H23NO/c1-5-8-11(4)9-13-10-14-12(6-2)7-3/h5,9,11-12H,1,6-8,10H2,2-4H3. The lowest BCUT2D eigenvalue weighted by molar-refractivity contribution is 0.0540. The minimum Gasteiger partial charge on any atom is -0.356 e. The molecular formula is C12H23NO. The summed E-state index contributed by atoms with van der Waals surface area (Å²) in [5.74, 6) is 0.470. The van der Waals surface area contributed by atoms with Gasteiger partial charge in [0.1, 0.15) is 6.73 Å². The van der Waals surface area contributed by atoms with Gasteiger partial charge in [0.25, 0.3) is 0 Å². The largest absolute Gasteiger partial charge is 0.356 e. The lowest BCUT2D eigenvalue weighted by atomic mass is 10.1. The lowest BCUT2D eigenvalue weighted by Crippen LogP contribution is -2.10. The van der Waals surface area contributed by atoms with E-state index in [9.17, 15) is 0 Å². The van der Waals surface area contributed by atoms with Crippen molar-refractivity contribution in [1.82, 2.24) is 0 Å². The fraction of sp³-hybridized carbons (Fsp3) is 0.750. The van der Waals surface area contributed by atoms with E-state index in [2.05, 4.69) is 32.3 Å². The number of rotatable bonds is 8. The van der Waals surface area contributed by atoms with Crippen molar-refractivity contribution in [2.45, 2.75) is 46.1 Å². The van der Waals surface area contributed by atoms with Crippen LogP contribution < -0.4 is 0 Å². The molecule has 0 saturated heterocycles. The van der Waals surface area contributed by atoms with Crippen LogP contribution in [-0.2, 0) is 4.74 Å². The molecule has 0 bridgehead atoms. The van der Waals surface area contributed by atoms with Crippen molar-refractivity contribution >= 4 is 6.21 Å².